The number of hydrogen-bond donors (Lipinski definition) is 1. The molecule has 0 saturated heterocycles. The molecule has 7 nitrogen and oxygen atoms in total. The molecule has 2 amide bonds. The molecule has 138 valence electrons. The molecule has 2 aliphatic rings. The van der Waals surface area contributed by atoms with Gasteiger partial charge in [-0.2, -0.15) is 0 Å². The fourth-order valence-corrected chi connectivity index (χ4v) is 3.75. The molecule has 1 saturated carbocycles. The summed E-state index contributed by atoms with van der Waals surface area (Å²) in [7, 11) is 0. The van der Waals surface area contributed by atoms with Gasteiger partial charge < -0.3 is 5.32 Å². The number of carbonyl (C=O) groups is 2. The molecular weight excluding hydrogens is 414 g/mol. The summed E-state index contributed by atoms with van der Waals surface area (Å²) in [5, 5.41) is 14.6. The van der Waals surface area contributed by atoms with Crippen LogP contribution in [0.2, 0.25) is 0 Å². The Bertz CT molecular complexity index is 936. The van der Waals surface area contributed by atoms with Crippen molar-refractivity contribution in [2.75, 3.05) is 11.9 Å². The Morgan fingerprint density at radius 1 is 1.11 bits per heavy atom. The Balaban J connectivity index is 1.48. The second kappa shape index (κ2) is 6.45. The van der Waals surface area contributed by atoms with E-state index in [1.165, 1.54) is 11.0 Å². The lowest BCUT2D eigenvalue weighted by atomic mass is 10.1. The average molecular weight is 430 g/mol. The number of halogens is 1. The smallest absolute Gasteiger partial charge is 0.293 e. The Morgan fingerprint density at radius 3 is 2.30 bits per heavy atom. The summed E-state index contributed by atoms with van der Waals surface area (Å²) in [5.41, 5.74) is 0.987. The van der Waals surface area contributed by atoms with Gasteiger partial charge >= 0.3 is 0 Å². The van der Waals surface area contributed by atoms with Crippen LogP contribution in [-0.2, 0) is 0 Å². The number of anilines is 1. The second-order valence-corrected chi connectivity index (χ2v) is 7.80. The lowest BCUT2D eigenvalue weighted by Gasteiger charge is -2.22. The van der Waals surface area contributed by atoms with Gasteiger partial charge in [0.2, 0.25) is 0 Å². The molecule has 0 aromatic heterocycles. The van der Waals surface area contributed by atoms with Crippen LogP contribution >= 0.6 is 15.9 Å². The highest BCUT2D eigenvalue weighted by Gasteiger charge is 2.45. The Morgan fingerprint density at radius 2 is 1.74 bits per heavy atom. The first kappa shape index (κ1) is 17.7. The minimum absolute atomic E-state index is 0.00335. The maximum absolute atomic E-state index is 12.5. The van der Waals surface area contributed by atoms with Gasteiger partial charge in [-0.1, -0.05) is 28.1 Å². The van der Waals surface area contributed by atoms with Crippen LogP contribution in [0, 0.1) is 10.1 Å². The molecule has 1 aliphatic carbocycles. The monoisotopic (exact) mass is 429 g/mol. The van der Waals surface area contributed by atoms with E-state index in [2.05, 4.69) is 21.2 Å². The van der Waals surface area contributed by atoms with Crippen LogP contribution in [-0.4, -0.2) is 33.7 Å². The predicted molar refractivity (Wildman–Crippen MR) is 103 cm³/mol. The Kier molecular flexibility index (Phi) is 4.22. The summed E-state index contributed by atoms with van der Waals surface area (Å²) in [6.07, 6.45) is 2.22. The number of benzene rings is 2. The van der Waals surface area contributed by atoms with Crippen LogP contribution in [0.4, 0.5) is 11.4 Å². The third-order valence-corrected chi connectivity index (χ3v) is 5.60. The van der Waals surface area contributed by atoms with Gasteiger partial charge in [-0.25, -0.2) is 0 Å². The van der Waals surface area contributed by atoms with Crippen LogP contribution in [0.25, 0.3) is 0 Å². The average Bonchev–Trinajstić information content (AvgIpc) is 3.37. The molecule has 0 bridgehead atoms. The van der Waals surface area contributed by atoms with Gasteiger partial charge in [-0.3, -0.25) is 24.6 Å². The van der Waals surface area contributed by atoms with E-state index in [4.69, 9.17) is 0 Å². The van der Waals surface area contributed by atoms with Crippen molar-refractivity contribution in [3.63, 3.8) is 0 Å². The predicted octanol–water partition coefficient (Wildman–Crippen LogP) is 3.99. The van der Waals surface area contributed by atoms with Gasteiger partial charge in [0.15, 0.2) is 0 Å². The van der Waals surface area contributed by atoms with Gasteiger partial charge in [0.1, 0.15) is 5.69 Å². The molecule has 0 spiro atoms. The van der Waals surface area contributed by atoms with Crippen molar-refractivity contribution in [1.82, 2.24) is 4.90 Å². The van der Waals surface area contributed by atoms with Gasteiger partial charge in [0, 0.05) is 22.6 Å². The molecule has 1 fully saturated rings. The van der Waals surface area contributed by atoms with Gasteiger partial charge in [-0.15, -0.1) is 0 Å². The maximum Gasteiger partial charge on any atom is 0.293 e. The van der Waals surface area contributed by atoms with E-state index in [1.807, 2.05) is 0 Å². The zero-order chi connectivity index (χ0) is 19.2. The van der Waals surface area contributed by atoms with E-state index >= 15 is 0 Å². The molecule has 1 heterocycles. The van der Waals surface area contributed by atoms with Crippen molar-refractivity contribution >= 4 is 39.1 Å². The normalized spacial score (nSPS) is 17.0. The van der Waals surface area contributed by atoms with Crippen molar-refractivity contribution in [1.29, 1.82) is 0 Å². The number of nitro benzene ring substituents is 1. The largest absolute Gasteiger partial charge is 0.374 e. The summed E-state index contributed by atoms with van der Waals surface area (Å²) in [6, 6.07) is 11.7. The molecule has 2 aromatic rings. The van der Waals surface area contributed by atoms with Crippen molar-refractivity contribution < 1.29 is 14.5 Å². The number of nitro groups is 1. The highest BCUT2D eigenvalue weighted by molar-refractivity contribution is 9.10. The fourth-order valence-electron chi connectivity index (χ4n) is 3.40. The third kappa shape index (κ3) is 3.21. The molecule has 0 radical (unpaired) electrons. The number of carbonyl (C=O) groups excluding carboxylic acids is 2. The lowest BCUT2D eigenvalue weighted by molar-refractivity contribution is -0.384. The molecule has 1 N–H and O–H groups in total. The van der Waals surface area contributed by atoms with E-state index in [9.17, 15) is 19.7 Å². The number of nitrogens with zero attached hydrogens (tertiary/aromatic N) is 2. The Labute approximate surface area is 163 Å². The number of imide groups is 1. The zero-order valence-electron chi connectivity index (χ0n) is 14.3. The SMILES string of the molecule is O=C1c2ccccc2C(=O)N1CCC1(Nc2ccc(Br)cc2[N+](=O)[O-])CC1. The summed E-state index contributed by atoms with van der Waals surface area (Å²) in [6.45, 7) is 0.281. The van der Waals surface area contributed by atoms with E-state index in [-0.39, 0.29) is 29.6 Å². The minimum atomic E-state index is -0.423. The van der Waals surface area contributed by atoms with Crippen LogP contribution in [0.15, 0.2) is 46.9 Å². The van der Waals surface area contributed by atoms with Crippen molar-refractivity contribution in [2.45, 2.75) is 24.8 Å². The number of hydrogen-bond acceptors (Lipinski definition) is 5. The molecule has 0 atom stereocenters. The second-order valence-electron chi connectivity index (χ2n) is 6.88. The molecule has 0 unspecified atom stereocenters. The van der Waals surface area contributed by atoms with Crippen molar-refractivity contribution in [2.24, 2.45) is 0 Å². The molecule has 27 heavy (non-hydrogen) atoms. The minimum Gasteiger partial charge on any atom is -0.374 e. The van der Waals surface area contributed by atoms with Crippen LogP contribution in [0.3, 0.4) is 0 Å². The summed E-state index contributed by atoms with van der Waals surface area (Å²) in [4.78, 5) is 37.1. The van der Waals surface area contributed by atoms with Gasteiger partial charge in [-0.05, 0) is 43.5 Å². The standard InChI is InChI=1S/C19H16BrN3O4/c20-12-5-6-15(16(11-12)23(26)27)21-19(7-8-19)9-10-22-17(24)13-3-1-2-4-14(13)18(22)25/h1-6,11,21H,7-10H2. The van der Waals surface area contributed by atoms with Crippen LogP contribution < -0.4 is 5.32 Å². The van der Waals surface area contributed by atoms with Crippen molar-refractivity contribution in [3.8, 4) is 0 Å². The quantitative estimate of drug-likeness (QED) is 0.425. The Hall–Kier alpha value is -2.74. The van der Waals surface area contributed by atoms with Gasteiger partial charge in [0.05, 0.1) is 16.1 Å². The topological polar surface area (TPSA) is 92.6 Å². The number of rotatable bonds is 6. The van der Waals surface area contributed by atoms with E-state index < -0.39 is 4.92 Å². The van der Waals surface area contributed by atoms with Crippen molar-refractivity contribution in [3.05, 3.63) is 68.2 Å². The third-order valence-electron chi connectivity index (χ3n) is 5.10. The van der Waals surface area contributed by atoms with Gasteiger partial charge in [0.25, 0.3) is 17.5 Å². The number of nitrogens with one attached hydrogen (secondary N) is 1. The summed E-state index contributed by atoms with van der Waals surface area (Å²) >= 11 is 3.25. The molecule has 1 aliphatic heterocycles. The number of fused-ring (bicyclic) bond motifs is 1. The zero-order valence-corrected chi connectivity index (χ0v) is 15.9. The molecular formula is C19H16BrN3O4. The fraction of sp³-hybridized carbons (Fsp3) is 0.263. The van der Waals surface area contributed by atoms with E-state index in [0.717, 1.165) is 12.8 Å². The first-order valence-electron chi connectivity index (χ1n) is 8.58. The molecule has 4 rings (SSSR count). The first-order valence-corrected chi connectivity index (χ1v) is 9.37. The number of amides is 2. The van der Waals surface area contributed by atoms with Crippen LogP contribution in [0.1, 0.15) is 40.0 Å². The van der Waals surface area contributed by atoms with Crippen LogP contribution in [0.5, 0.6) is 0 Å². The van der Waals surface area contributed by atoms with E-state index in [0.29, 0.717) is 27.7 Å². The highest BCUT2D eigenvalue weighted by Crippen LogP contribution is 2.44. The molecule has 8 heteroatoms. The first-order chi connectivity index (χ1) is 12.9. The highest BCUT2D eigenvalue weighted by atomic mass is 79.9. The lowest BCUT2D eigenvalue weighted by Crippen LogP contribution is -2.35. The van der Waals surface area contributed by atoms with E-state index in [1.54, 1.807) is 36.4 Å². The summed E-state index contributed by atoms with van der Waals surface area (Å²) in [5.74, 6) is -0.554. The molecule has 2 aromatic carbocycles. The summed E-state index contributed by atoms with van der Waals surface area (Å²) < 4.78 is 0.635. The maximum atomic E-state index is 12.5.